The minimum Gasteiger partial charge on any atom is -0.378 e. The normalized spacial score (nSPS) is 11.2. The summed E-state index contributed by atoms with van der Waals surface area (Å²) in [6.07, 6.45) is 19.7. The van der Waals surface area contributed by atoms with Crippen LogP contribution in [-0.4, -0.2) is 34.7 Å². The number of carbonyl (C=O) groups is 1. The van der Waals surface area contributed by atoms with Crippen LogP contribution < -0.4 is 0 Å². The molecule has 0 saturated carbocycles. The first-order chi connectivity index (χ1) is 12.2. The van der Waals surface area contributed by atoms with E-state index in [1.807, 2.05) is 0 Å². The lowest BCUT2D eigenvalue weighted by atomic mass is 10.0. The monoisotopic (exact) mass is 359 g/mol. The van der Waals surface area contributed by atoms with Gasteiger partial charge in [0.05, 0.1) is 0 Å². The van der Waals surface area contributed by atoms with Crippen LogP contribution in [0.3, 0.4) is 0 Å². The topological polar surface area (TPSA) is 70.0 Å². The number of aliphatic hydroxyl groups is 2. The summed E-state index contributed by atoms with van der Waals surface area (Å²) in [6.45, 7) is 1.29. The number of unbranched alkanes of at least 4 members (excludes halogenated alkanes) is 14. The van der Waals surface area contributed by atoms with Gasteiger partial charge in [-0.2, -0.15) is 0 Å². The summed E-state index contributed by atoms with van der Waals surface area (Å²) in [7, 11) is 0. The third-order valence-corrected chi connectivity index (χ3v) is 4.53. The molecule has 0 aliphatic carbocycles. The Hall–Kier alpha value is -0.650. The second kappa shape index (κ2) is 19.7. The number of rotatable bonds is 19. The van der Waals surface area contributed by atoms with Crippen LogP contribution in [0.2, 0.25) is 0 Å². The van der Waals surface area contributed by atoms with Gasteiger partial charge in [0, 0.05) is 6.42 Å². The van der Waals surface area contributed by atoms with Gasteiger partial charge in [-0.15, -0.1) is 0 Å². The number of aliphatic hydroxyl groups excluding tert-OH is 2. The van der Waals surface area contributed by atoms with E-state index in [1.54, 1.807) is 0 Å². The van der Waals surface area contributed by atoms with Crippen molar-refractivity contribution in [3.8, 4) is 0 Å². The van der Waals surface area contributed by atoms with Crippen molar-refractivity contribution in [3.05, 3.63) is 0 Å². The molecule has 0 saturated heterocycles. The Morgan fingerprint density at radius 3 is 1.40 bits per heavy atom. The molecule has 150 valence electrons. The summed E-state index contributed by atoms with van der Waals surface area (Å²) < 4.78 is 0. The van der Waals surface area contributed by atoms with Gasteiger partial charge in [0.2, 0.25) is 0 Å². The summed E-state index contributed by atoms with van der Waals surface area (Å²) in [5.74, 6) is -0.391. The molecule has 0 heterocycles. The second-order valence-electron chi connectivity index (χ2n) is 6.93. The van der Waals surface area contributed by atoms with E-state index in [9.17, 15) is 4.79 Å². The molecule has 0 fully saturated rings. The lowest BCUT2D eigenvalue weighted by Gasteiger charge is -2.14. The average molecular weight is 360 g/mol. The molecular weight excluding hydrogens is 318 g/mol. The molecule has 0 aromatic carbocycles. The van der Waals surface area contributed by atoms with Crippen LogP contribution in [0, 0.1) is 0 Å². The summed E-state index contributed by atoms with van der Waals surface area (Å²) in [4.78, 5) is 16.2. The van der Waals surface area contributed by atoms with Crippen molar-refractivity contribution in [2.24, 2.45) is 0 Å². The molecule has 0 aromatic heterocycles. The Morgan fingerprint density at radius 2 is 1.04 bits per heavy atom. The number of hydrogen-bond donors (Lipinski definition) is 2. The fourth-order valence-electron chi connectivity index (χ4n) is 2.93. The molecule has 0 aliphatic rings. The Labute approximate surface area is 154 Å². The number of hydroxylamine groups is 2. The molecule has 0 rings (SSSR count). The maximum absolute atomic E-state index is 11.4. The van der Waals surface area contributed by atoms with Crippen LogP contribution in [0.5, 0.6) is 0 Å². The fraction of sp³-hybridized carbons (Fsp3) is 0.950. The smallest absolute Gasteiger partial charge is 0.325 e. The van der Waals surface area contributed by atoms with Crippen LogP contribution in [0.25, 0.3) is 0 Å². The Balaban J connectivity index is 3.17. The van der Waals surface area contributed by atoms with E-state index in [1.165, 1.54) is 77.0 Å². The van der Waals surface area contributed by atoms with Crippen molar-refractivity contribution < 1.29 is 19.8 Å². The minimum atomic E-state index is -0.485. The number of nitrogens with zero attached hydrogens (tertiary/aromatic N) is 1. The summed E-state index contributed by atoms with van der Waals surface area (Å²) >= 11 is 0. The molecule has 25 heavy (non-hydrogen) atoms. The van der Waals surface area contributed by atoms with Gasteiger partial charge in [-0.25, -0.2) is 0 Å². The SMILES string of the molecule is CCCCCCCCCCCCCCCCCC(=O)ON(CO)CO. The lowest BCUT2D eigenvalue weighted by molar-refractivity contribution is -0.226. The summed E-state index contributed by atoms with van der Waals surface area (Å²) in [6, 6.07) is 0. The van der Waals surface area contributed by atoms with Crippen molar-refractivity contribution in [2.45, 2.75) is 110 Å². The predicted molar refractivity (Wildman–Crippen MR) is 102 cm³/mol. The molecule has 0 aromatic rings. The molecular formula is C20H41NO4. The van der Waals surface area contributed by atoms with Gasteiger partial charge in [0.15, 0.2) is 0 Å². The zero-order valence-electron chi connectivity index (χ0n) is 16.4. The van der Waals surface area contributed by atoms with Gasteiger partial charge in [-0.1, -0.05) is 102 Å². The Kier molecular flexibility index (Phi) is 19.2. The van der Waals surface area contributed by atoms with E-state index in [0.29, 0.717) is 6.42 Å². The fourth-order valence-corrected chi connectivity index (χ4v) is 2.93. The number of carbonyl (C=O) groups excluding carboxylic acids is 1. The van der Waals surface area contributed by atoms with Crippen LogP contribution >= 0.6 is 0 Å². The highest BCUT2D eigenvalue weighted by atomic mass is 16.7. The molecule has 5 nitrogen and oxygen atoms in total. The molecule has 0 spiro atoms. The minimum absolute atomic E-state index is 0.342. The van der Waals surface area contributed by atoms with Crippen molar-refractivity contribution in [1.82, 2.24) is 5.06 Å². The van der Waals surface area contributed by atoms with E-state index in [2.05, 4.69) is 6.92 Å². The highest BCUT2D eigenvalue weighted by molar-refractivity contribution is 5.68. The van der Waals surface area contributed by atoms with Crippen LogP contribution in [0.4, 0.5) is 0 Å². The van der Waals surface area contributed by atoms with Crippen molar-refractivity contribution in [3.63, 3.8) is 0 Å². The van der Waals surface area contributed by atoms with Crippen molar-refractivity contribution in [1.29, 1.82) is 0 Å². The second-order valence-corrected chi connectivity index (χ2v) is 6.93. The molecule has 0 atom stereocenters. The van der Waals surface area contributed by atoms with E-state index in [0.717, 1.165) is 24.3 Å². The van der Waals surface area contributed by atoms with Crippen LogP contribution in [0.15, 0.2) is 0 Å². The Morgan fingerprint density at radius 1 is 0.680 bits per heavy atom. The van der Waals surface area contributed by atoms with Gasteiger partial charge in [0.1, 0.15) is 13.5 Å². The predicted octanol–water partition coefficient (Wildman–Crippen LogP) is 4.91. The van der Waals surface area contributed by atoms with Crippen LogP contribution in [0.1, 0.15) is 110 Å². The lowest BCUT2D eigenvalue weighted by Crippen LogP contribution is -2.29. The van der Waals surface area contributed by atoms with E-state index in [4.69, 9.17) is 15.1 Å². The summed E-state index contributed by atoms with van der Waals surface area (Å²) in [5.41, 5.74) is 0. The molecule has 5 heteroatoms. The maximum Gasteiger partial charge on any atom is 0.325 e. The third-order valence-electron chi connectivity index (χ3n) is 4.53. The largest absolute Gasteiger partial charge is 0.378 e. The van der Waals surface area contributed by atoms with Gasteiger partial charge in [-0.05, 0) is 6.42 Å². The molecule has 0 bridgehead atoms. The number of hydrogen-bond acceptors (Lipinski definition) is 5. The molecule has 2 N–H and O–H groups in total. The zero-order chi connectivity index (χ0) is 18.6. The van der Waals surface area contributed by atoms with Crippen molar-refractivity contribution in [2.75, 3.05) is 13.5 Å². The molecule has 0 amide bonds. The van der Waals surface area contributed by atoms with E-state index >= 15 is 0 Å². The Bertz CT molecular complexity index is 283. The van der Waals surface area contributed by atoms with E-state index in [-0.39, 0.29) is 0 Å². The summed E-state index contributed by atoms with van der Waals surface area (Å²) in [5, 5.41) is 18.4. The molecule has 0 radical (unpaired) electrons. The van der Waals surface area contributed by atoms with Crippen molar-refractivity contribution >= 4 is 5.97 Å². The third kappa shape index (κ3) is 18.0. The van der Waals surface area contributed by atoms with Crippen LogP contribution in [-0.2, 0) is 9.63 Å². The first-order valence-corrected chi connectivity index (χ1v) is 10.4. The van der Waals surface area contributed by atoms with Gasteiger partial charge in [-0.3, -0.25) is 4.79 Å². The highest BCUT2D eigenvalue weighted by Gasteiger charge is 2.09. The zero-order valence-corrected chi connectivity index (χ0v) is 16.4. The molecule has 0 unspecified atom stereocenters. The standard InChI is InChI=1S/C20H41NO4/c1-2-3-4-5-6-7-8-9-10-11-12-13-14-15-16-17-20(24)25-21(18-22)19-23/h22-23H,2-19H2,1H3. The highest BCUT2D eigenvalue weighted by Crippen LogP contribution is 2.13. The van der Waals surface area contributed by atoms with Gasteiger partial charge in [0.25, 0.3) is 0 Å². The van der Waals surface area contributed by atoms with Gasteiger partial charge < -0.3 is 15.1 Å². The quantitative estimate of drug-likeness (QED) is 0.195. The first kappa shape index (κ1) is 24.4. The van der Waals surface area contributed by atoms with E-state index < -0.39 is 19.4 Å². The molecule has 0 aliphatic heterocycles. The van der Waals surface area contributed by atoms with Gasteiger partial charge >= 0.3 is 5.97 Å². The average Bonchev–Trinajstić information content (AvgIpc) is 2.62. The maximum atomic E-state index is 11.4. The first-order valence-electron chi connectivity index (χ1n) is 10.4.